The van der Waals surface area contributed by atoms with E-state index in [1.54, 1.807) is 0 Å². The monoisotopic (exact) mass is 350 g/mol. The quantitative estimate of drug-likeness (QED) is 0.599. The molecule has 1 aromatic rings. The molecule has 0 radical (unpaired) electrons. The minimum absolute atomic E-state index is 0.0630. The van der Waals surface area contributed by atoms with Gasteiger partial charge in [0, 0.05) is 0 Å². The smallest absolute Gasteiger partial charge is 0.163 e. The van der Waals surface area contributed by atoms with Crippen LogP contribution in [-0.2, 0) is 20.8 Å². The zero-order chi connectivity index (χ0) is 18.1. The average molecular weight is 350 g/mol. The van der Waals surface area contributed by atoms with Crippen LogP contribution in [0.2, 0.25) is 0 Å². The van der Waals surface area contributed by atoms with Crippen LogP contribution < -0.4 is 0 Å². The summed E-state index contributed by atoms with van der Waals surface area (Å²) < 4.78 is 17.7. The van der Waals surface area contributed by atoms with Gasteiger partial charge in [0.05, 0.1) is 19.3 Å². The second-order valence-corrected chi connectivity index (χ2v) is 7.41. The van der Waals surface area contributed by atoms with E-state index in [-0.39, 0.29) is 18.8 Å². The van der Waals surface area contributed by atoms with E-state index in [0.717, 1.165) is 18.4 Å². The summed E-state index contributed by atoms with van der Waals surface area (Å²) in [6.07, 6.45) is 5.98. The Morgan fingerprint density at radius 1 is 1.08 bits per heavy atom. The summed E-state index contributed by atoms with van der Waals surface area (Å²) in [5.74, 6) is -0.640. The van der Waals surface area contributed by atoms with Crippen molar-refractivity contribution >= 4 is 0 Å². The average Bonchev–Trinajstić information content (AvgIpc) is 2.90. The van der Waals surface area contributed by atoms with Crippen LogP contribution >= 0.6 is 0 Å². The molecule has 0 aromatic heterocycles. The van der Waals surface area contributed by atoms with Crippen LogP contribution in [0.4, 0.5) is 0 Å². The van der Waals surface area contributed by atoms with E-state index >= 15 is 0 Å². The lowest BCUT2D eigenvalue weighted by Crippen LogP contribution is -2.38. The Labute approximate surface area is 152 Å². The highest BCUT2D eigenvalue weighted by Crippen LogP contribution is 2.33. The fourth-order valence-electron chi connectivity index (χ4n) is 3.33. The highest BCUT2D eigenvalue weighted by Gasteiger charge is 2.44. The van der Waals surface area contributed by atoms with E-state index in [1.807, 2.05) is 44.2 Å². The summed E-state index contributed by atoms with van der Waals surface area (Å²) in [5, 5.41) is 10.5. The third-order valence-corrected chi connectivity index (χ3v) is 4.59. The van der Waals surface area contributed by atoms with Crippen molar-refractivity contribution < 1.29 is 19.3 Å². The highest BCUT2D eigenvalue weighted by atomic mass is 16.8. The molecular formula is C21H34O4. The molecule has 1 aliphatic heterocycles. The van der Waals surface area contributed by atoms with Crippen molar-refractivity contribution in [3.8, 4) is 0 Å². The summed E-state index contributed by atoms with van der Waals surface area (Å²) >= 11 is 0. The fraction of sp³-hybridized carbons (Fsp3) is 0.714. The standard InChI is InChI=1S/C21H34O4/c1-4-5-6-7-11-14-19-20(25-21(2,3)24-19)18(22)16-23-15-17-12-9-8-10-13-17/h8-10,12-13,18-20,22H,4-7,11,14-16H2,1-3H3/t18-,19+,20-/m1/s1. The van der Waals surface area contributed by atoms with Gasteiger partial charge < -0.3 is 19.3 Å². The number of ether oxygens (including phenoxy) is 3. The molecule has 1 saturated heterocycles. The Hall–Kier alpha value is -0.940. The number of aliphatic hydroxyl groups is 1. The largest absolute Gasteiger partial charge is 0.388 e. The summed E-state index contributed by atoms with van der Waals surface area (Å²) in [6, 6.07) is 9.99. The number of hydrogen-bond donors (Lipinski definition) is 1. The first-order chi connectivity index (χ1) is 12.0. The van der Waals surface area contributed by atoms with Gasteiger partial charge in [-0.3, -0.25) is 0 Å². The molecular weight excluding hydrogens is 316 g/mol. The van der Waals surface area contributed by atoms with E-state index in [0.29, 0.717) is 6.61 Å². The molecule has 4 nitrogen and oxygen atoms in total. The maximum Gasteiger partial charge on any atom is 0.163 e. The fourth-order valence-corrected chi connectivity index (χ4v) is 3.33. The molecule has 1 N–H and O–H groups in total. The van der Waals surface area contributed by atoms with Gasteiger partial charge in [0.15, 0.2) is 5.79 Å². The van der Waals surface area contributed by atoms with Crippen molar-refractivity contribution in [1.29, 1.82) is 0 Å². The van der Waals surface area contributed by atoms with Gasteiger partial charge >= 0.3 is 0 Å². The van der Waals surface area contributed by atoms with Gasteiger partial charge in [-0.2, -0.15) is 0 Å². The summed E-state index contributed by atoms with van der Waals surface area (Å²) in [4.78, 5) is 0. The van der Waals surface area contributed by atoms with Crippen molar-refractivity contribution in [1.82, 2.24) is 0 Å². The third-order valence-electron chi connectivity index (χ3n) is 4.59. The number of benzene rings is 1. The van der Waals surface area contributed by atoms with Crippen LogP contribution in [0.5, 0.6) is 0 Å². The molecule has 1 aromatic carbocycles. The normalized spacial score (nSPS) is 23.7. The van der Waals surface area contributed by atoms with Gasteiger partial charge in [0.25, 0.3) is 0 Å². The van der Waals surface area contributed by atoms with Crippen molar-refractivity contribution in [2.45, 2.75) is 90.0 Å². The van der Waals surface area contributed by atoms with E-state index in [4.69, 9.17) is 14.2 Å². The first-order valence-corrected chi connectivity index (χ1v) is 9.67. The molecule has 3 atom stereocenters. The molecule has 0 amide bonds. The van der Waals surface area contributed by atoms with Crippen LogP contribution in [0.25, 0.3) is 0 Å². The van der Waals surface area contributed by atoms with Gasteiger partial charge in [0.2, 0.25) is 0 Å². The molecule has 0 spiro atoms. The Morgan fingerprint density at radius 2 is 1.80 bits per heavy atom. The lowest BCUT2D eigenvalue weighted by molar-refractivity contribution is -0.159. The van der Waals surface area contributed by atoms with Crippen LogP contribution in [0.1, 0.15) is 64.9 Å². The highest BCUT2D eigenvalue weighted by molar-refractivity contribution is 5.13. The van der Waals surface area contributed by atoms with Gasteiger partial charge in [-0.1, -0.05) is 69.4 Å². The first-order valence-electron chi connectivity index (χ1n) is 9.67. The topological polar surface area (TPSA) is 47.9 Å². The zero-order valence-corrected chi connectivity index (χ0v) is 15.9. The summed E-state index contributed by atoms with van der Waals surface area (Å²) in [6.45, 7) is 6.80. The maximum atomic E-state index is 10.5. The molecule has 4 heteroatoms. The Kier molecular flexibility index (Phi) is 8.37. The molecule has 25 heavy (non-hydrogen) atoms. The van der Waals surface area contributed by atoms with Crippen LogP contribution in [-0.4, -0.2) is 35.8 Å². The first kappa shape index (κ1) is 20.4. The number of unbranched alkanes of at least 4 members (excludes halogenated alkanes) is 4. The Balaban J connectivity index is 1.77. The van der Waals surface area contributed by atoms with Crippen molar-refractivity contribution in [2.75, 3.05) is 6.61 Å². The minimum Gasteiger partial charge on any atom is -0.388 e. The van der Waals surface area contributed by atoms with E-state index < -0.39 is 11.9 Å². The SMILES string of the molecule is CCCCCCC[C@@H]1OC(C)(C)O[C@@H]1[C@H](O)COCc1ccccc1. The minimum atomic E-state index is -0.675. The van der Waals surface area contributed by atoms with Crippen molar-refractivity contribution in [3.63, 3.8) is 0 Å². The van der Waals surface area contributed by atoms with E-state index in [9.17, 15) is 5.11 Å². The lowest BCUT2D eigenvalue weighted by Gasteiger charge is -2.22. The number of rotatable bonds is 11. The second kappa shape index (κ2) is 10.3. The van der Waals surface area contributed by atoms with E-state index in [2.05, 4.69) is 6.92 Å². The van der Waals surface area contributed by atoms with Crippen LogP contribution in [0.3, 0.4) is 0 Å². The van der Waals surface area contributed by atoms with Gasteiger partial charge in [-0.15, -0.1) is 0 Å². The molecule has 0 bridgehead atoms. The number of aliphatic hydroxyl groups excluding tert-OH is 1. The van der Waals surface area contributed by atoms with Gasteiger partial charge in [0.1, 0.15) is 12.2 Å². The zero-order valence-electron chi connectivity index (χ0n) is 15.9. The lowest BCUT2D eigenvalue weighted by atomic mass is 10.0. The summed E-state index contributed by atoms with van der Waals surface area (Å²) in [5.41, 5.74) is 1.10. The predicted octanol–water partition coefficient (Wildman–Crippen LogP) is 4.44. The second-order valence-electron chi connectivity index (χ2n) is 7.41. The third kappa shape index (κ3) is 7.06. The van der Waals surface area contributed by atoms with Crippen LogP contribution in [0, 0.1) is 0 Å². The molecule has 1 aliphatic rings. The molecule has 2 rings (SSSR count). The van der Waals surface area contributed by atoms with Crippen LogP contribution in [0.15, 0.2) is 30.3 Å². The van der Waals surface area contributed by atoms with Crippen molar-refractivity contribution in [2.24, 2.45) is 0 Å². The maximum absolute atomic E-state index is 10.5. The molecule has 1 fully saturated rings. The number of hydrogen-bond acceptors (Lipinski definition) is 4. The Morgan fingerprint density at radius 3 is 2.52 bits per heavy atom. The van der Waals surface area contributed by atoms with Gasteiger partial charge in [-0.05, 0) is 25.8 Å². The molecule has 0 aliphatic carbocycles. The Bertz CT molecular complexity index is 474. The predicted molar refractivity (Wildman–Crippen MR) is 99.3 cm³/mol. The summed E-state index contributed by atoms with van der Waals surface area (Å²) in [7, 11) is 0. The van der Waals surface area contributed by atoms with Gasteiger partial charge in [-0.25, -0.2) is 0 Å². The van der Waals surface area contributed by atoms with Crippen molar-refractivity contribution in [3.05, 3.63) is 35.9 Å². The molecule has 0 unspecified atom stereocenters. The van der Waals surface area contributed by atoms with E-state index in [1.165, 1.54) is 25.7 Å². The molecule has 1 heterocycles. The molecule has 0 saturated carbocycles. The molecule has 142 valence electrons.